The van der Waals surface area contributed by atoms with Crippen molar-refractivity contribution in [1.29, 1.82) is 0 Å². The summed E-state index contributed by atoms with van der Waals surface area (Å²) in [5.74, 6) is 1.47. The number of methoxy groups -OCH3 is 1. The molecule has 0 unspecified atom stereocenters. The Morgan fingerprint density at radius 3 is 2.89 bits per heavy atom. The van der Waals surface area contributed by atoms with E-state index >= 15 is 0 Å². The predicted octanol–water partition coefficient (Wildman–Crippen LogP) is 3.27. The van der Waals surface area contributed by atoms with Crippen molar-refractivity contribution in [3.05, 3.63) is 35.1 Å². The second kappa shape index (κ2) is 5.31. The molecule has 1 aromatic carbocycles. The van der Waals surface area contributed by atoms with Gasteiger partial charge in [0.2, 0.25) is 5.95 Å². The molecule has 1 N–H and O–H groups in total. The average Bonchev–Trinajstić information content (AvgIpc) is 2.71. The fraction of sp³-hybridized carbons (Fsp3) is 0.308. The monoisotopic (exact) mass is 265 g/mol. The second-order valence-electron chi connectivity index (χ2n) is 3.93. The van der Waals surface area contributed by atoms with Crippen LogP contribution in [0.2, 0.25) is 5.02 Å². The number of hydrogen-bond donors (Lipinski definition) is 1. The van der Waals surface area contributed by atoms with E-state index in [-0.39, 0.29) is 0 Å². The van der Waals surface area contributed by atoms with Gasteiger partial charge in [-0.3, -0.25) is 4.57 Å². The van der Waals surface area contributed by atoms with Gasteiger partial charge in [-0.05, 0) is 26.0 Å². The lowest BCUT2D eigenvalue weighted by molar-refractivity contribution is 0.415. The van der Waals surface area contributed by atoms with Gasteiger partial charge in [-0.1, -0.05) is 11.6 Å². The number of imidazole rings is 1. The number of aryl methyl sites for hydroxylation is 1. The molecule has 0 aliphatic rings. The molecule has 1 heterocycles. The minimum absolute atomic E-state index is 0.600. The van der Waals surface area contributed by atoms with Crippen LogP contribution in [-0.2, 0) is 0 Å². The summed E-state index contributed by atoms with van der Waals surface area (Å²) in [5, 5.41) is 3.83. The maximum Gasteiger partial charge on any atom is 0.207 e. The summed E-state index contributed by atoms with van der Waals surface area (Å²) >= 11 is 6.02. The molecule has 0 saturated heterocycles. The summed E-state index contributed by atoms with van der Waals surface area (Å²) < 4.78 is 7.21. The van der Waals surface area contributed by atoms with E-state index in [1.165, 1.54) is 0 Å². The minimum Gasteiger partial charge on any atom is -0.495 e. The molecule has 18 heavy (non-hydrogen) atoms. The van der Waals surface area contributed by atoms with Crippen molar-refractivity contribution in [1.82, 2.24) is 9.55 Å². The van der Waals surface area contributed by atoms with Gasteiger partial charge in [-0.2, -0.15) is 0 Å². The van der Waals surface area contributed by atoms with Crippen molar-refractivity contribution < 1.29 is 4.74 Å². The quantitative estimate of drug-likeness (QED) is 0.922. The first kappa shape index (κ1) is 12.8. The Bertz CT molecular complexity index is 551. The van der Waals surface area contributed by atoms with Gasteiger partial charge in [0.1, 0.15) is 5.75 Å². The number of anilines is 1. The highest BCUT2D eigenvalue weighted by Gasteiger charge is 2.09. The van der Waals surface area contributed by atoms with E-state index in [1.807, 2.05) is 42.8 Å². The van der Waals surface area contributed by atoms with Crippen molar-refractivity contribution >= 4 is 17.5 Å². The van der Waals surface area contributed by atoms with Crippen molar-refractivity contribution in [3.63, 3.8) is 0 Å². The number of nitrogens with zero attached hydrogens (tertiary/aromatic N) is 2. The molecule has 0 saturated carbocycles. The van der Waals surface area contributed by atoms with Gasteiger partial charge in [0.15, 0.2) is 0 Å². The van der Waals surface area contributed by atoms with E-state index in [4.69, 9.17) is 16.3 Å². The highest BCUT2D eigenvalue weighted by Crippen LogP contribution is 2.28. The number of benzene rings is 1. The summed E-state index contributed by atoms with van der Waals surface area (Å²) in [4.78, 5) is 4.43. The lowest BCUT2D eigenvalue weighted by Gasteiger charge is -2.10. The molecular weight excluding hydrogens is 250 g/mol. The summed E-state index contributed by atoms with van der Waals surface area (Å²) in [7, 11) is 1.61. The van der Waals surface area contributed by atoms with Crippen LogP contribution >= 0.6 is 11.6 Å². The molecule has 0 amide bonds. The standard InChI is InChI=1S/C13H16ClN3O/c1-4-15-13-16-9(2)8-17(13)10-5-6-11(14)12(7-10)18-3/h5-8H,4H2,1-3H3,(H,15,16). The molecule has 0 aliphatic carbocycles. The maximum atomic E-state index is 6.02. The molecular formula is C13H16ClN3O. The Morgan fingerprint density at radius 1 is 1.44 bits per heavy atom. The molecule has 2 rings (SSSR count). The highest BCUT2D eigenvalue weighted by molar-refractivity contribution is 6.32. The first-order valence-corrected chi connectivity index (χ1v) is 6.17. The van der Waals surface area contributed by atoms with Crippen molar-refractivity contribution in [3.8, 4) is 11.4 Å². The molecule has 1 aromatic heterocycles. The van der Waals surface area contributed by atoms with Gasteiger partial charge in [0.05, 0.1) is 23.5 Å². The van der Waals surface area contributed by atoms with Gasteiger partial charge in [-0.15, -0.1) is 0 Å². The lowest BCUT2D eigenvalue weighted by atomic mass is 10.3. The second-order valence-corrected chi connectivity index (χ2v) is 4.33. The number of aromatic nitrogens is 2. The van der Waals surface area contributed by atoms with Crippen LogP contribution in [0.25, 0.3) is 5.69 Å². The first-order chi connectivity index (χ1) is 8.65. The van der Waals surface area contributed by atoms with E-state index in [0.717, 1.165) is 23.9 Å². The van der Waals surface area contributed by atoms with E-state index in [9.17, 15) is 0 Å². The van der Waals surface area contributed by atoms with Crippen LogP contribution in [0.15, 0.2) is 24.4 Å². The van der Waals surface area contributed by atoms with Crippen LogP contribution < -0.4 is 10.1 Å². The summed E-state index contributed by atoms with van der Waals surface area (Å²) in [6.07, 6.45) is 1.97. The molecule has 0 aliphatic heterocycles. The summed E-state index contributed by atoms with van der Waals surface area (Å²) in [5.41, 5.74) is 1.92. The van der Waals surface area contributed by atoms with Crippen LogP contribution in [0.4, 0.5) is 5.95 Å². The predicted molar refractivity (Wildman–Crippen MR) is 74.0 cm³/mol. The third kappa shape index (κ3) is 2.43. The molecule has 2 aromatic rings. The Morgan fingerprint density at radius 2 is 2.22 bits per heavy atom. The number of halogens is 1. The van der Waals surface area contributed by atoms with Crippen LogP contribution in [0.3, 0.4) is 0 Å². The molecule has 5 heteroatoms. The minimum atomic E-state index is 0.600. The zero-order valence-electron chi connectivity index (χ0n) is 10.7. The van der Waals surface area contributed by atoms with Crippen LogP contribution in [0.5, 0.6) is 5.75 Å². The van der Waals surface area contributed by atoms with Crippen molar-refractivity contribution in [2.45, 2.75) is 13.8 Å². The first-order valence-electron chi connectivity index (χ1n) is 5.79. The Hall–Kier alpha value is -1.68. The molecule has 0 spiro atoms. The number of nitrogens with one attached hydrogen (secondary N) is 1. The highest BCUT2D eigenvalue weighted by atomic mass is 35.5. The molecule has 4 nitrogen and oxygen atoms in total. The lowest BCUT2D eigenvalue weighted by Crippen LogP contribution is -2.05. The number of hydrogen-bond acceptors (Lipinski definition) is 3. The Labute approximate surface area is 112 Å². The van der Waals surface area contributed by atoms with Crippen molar-refractivity contribution in [2.75, 3.05) is 19.0 Å². The Balaban J connectivity index is 2.47. The van der Waals surface area contributed by atoms with E-state index < -0.39 is 0 Å². The van der Waals surface area contributed by atoms with Gasteiger partial charge in [0, 0.05) is 18.8 Å². The van der Waals surface area contributed by atoms with E-state index in [2.05, 4.69) is 10.3 Å². The molecule has 96 valence electrons. The van der Waals surface area contributed by atoms with Gasteiger partial charge < -0.3 is 10.1 Å². The van der Waals surface area contributed by atoms with Crippen molar-refractivity contribution in [2.24, 2.45) is 0 Å². The topological polar surface area (TPSA) is 39.1 Å². The molecule has 0 atom stereocenters. The normalized spacial score (nSPS) is 10.4. The van der Waals surface area contributed by atoms with Gasteiger partial charge in [0.25, 0.3) is 0 Å². The fourth-order valence-corrected chi connectivity index (χ4v) is 1.97. The Kier molecular flexibility index (Phi) is 3.77. The molecule has 0 bridgehead atoms. The summed E-state index contributed by atoms with van der Waals surface area (Å²) in [6.45, 7) is 4.82. The third-order valence-electron chi connectivity index (χ3n) is 2.57. The SMILES string of the molecule is CCNc1nc(C)cn1-c1ccc(Cl)c(OC)c1. The van der Waals surface area contributed by atoms with Crippen LogP contribution in [0.1, 0.15) is 12.6 Å². The van der Waals surface area contributed by atoms with E-state index in [0.29, 0.717) is 10.8 Å². The van der Waals surface area contributed by atoms with E-state index in [1.54, 1.807) is 7.11 Å². The smallest absolute Gasteiger partial charge is 0.207 e. The zero-order valence-corrected chi connectivity index (χ0v) is 11.5. The summed E-state index contributed by atoms with van der Waals surface area (Å²) in [6, 6.07) is 5.65. The van der Waals surface area contributed by atoms with Gasteiger partial charge in [-0.25, -0.2) is 4.98 Å². The average molecular weight is 266 g/mol. The molecule has 0 fully saturated rings. The van der Waals surface area contributed by atoms with Gasteiger partial charge >= 0.3 is 0 Å². The maximum absolute atomic E-state index is 6.02. The third-order valence-corrected chi connectivity index (χ3v) is 2.89. The zero-order chi connectivity index (χ0) is 13.1. The number of rotatable bonds is 4. The fourth-order valence-electron chi connectivity index (χ4n) is 1.78. The van der Waals surface area contributed by atoms with Crippen LogP contribution in [0, 0.1) is 6.92 Å². The number of ether oxygens (including phenoxy) is 1. The molecule has 0 radical (unpaired) electrons. The largest absolute Gasteiger partial charge is 0.495 e. The van der Waals surface area contributed by atoms with Crippen LogP contribution in [-0.4, -0.2) is 23.2 Å².